The number of ether oxygens (including phenoxy) is 1. The number of rotatable bonds is 8. The fraction of sp³-hybridized carbons (Fsp3) is 0.353. The zero-order chi connectivity index (χ0) is 18.2. The minimum Gasteiger partial charge on any atom is -0.465 e. The smallest absolute Gasteiger partial charge is 0.404 e. The molecule has 7 nitrogen and oxygen atoms in total. The Morgan fingerprint density at radius 1 is 1.28 bits per heavy atom. The van der Waals surface area contributed by atoms with Crippen LogP contribution in [0.15, 0.2) is 29.2 Å². The molecule has 1 aliphatic rings. The maximum absolute atomic E-state index is 12.3. The number of hydrogen-bond donors (Lipinski definition) is 2. The second-order valence-corrected chi connectivity index (χ2v) is 6.27. The molecule has 1 fully saturated rings. The van der Waals surface area contributed by atoms with E-state index in [1.165, 1.54) is 5.56 Å². The first-order valence-electron chi connectivity index (χ1n) is 7.90. The second-order valence-electron chi connectivity index (χ2n) is 5.27. The summed E-state index contributed by atoms with van der Waals surface area (Å²) >= 11 is 0.912. The average Bonchev–Trinajstić information content (AvgIpc) is 2.85. The van der Waals surface area contributed by atoms with Gasteiger partial charge in [0.15, 0.2) is 0 Å². The van der Waals surface area contributed by atoms with Gasteiger partial charge in [-0.15, -0.1) is 0 Å². The Balaban J connectivity index is 1.86. The predicted molar refractivity (Wildman–Crippen MR) is 95.3 cm³/mol. The number of thioether (sulfide) groups is 1. The van der Waals surface area contributed by atoms with E-state index in [2.05, 4.69) is 12.2 Å². The minimum absolute atomic E-state index is 0.143. The fourth-order valence-corrected chi connectivity index (χ4v) is 3.05. The number of amides is 3. The topological polar surface area (TPSA) is 95.9 Å². The molecular formula is C17H20N2O5S. The van der Waals surface area contributed by atoms with E-state index in [9.17, 15) is 14.4 Å². The molecule has 1 heterocycles. The fourth-order valence-electron chi connectivity index (χ4n) is 2.18. The molecule has 2 N–H and O–H groups in total. The molecule has 3 amide bonds. The van der Waals surface area contributed by atoms with Crippen LogP contribution in [-0.4, -0.2) is 53.5 Å². The number of benzene rings is 1. The van der Waals surface area contributed by atoms with Gasteiger partial charge in [0.1, 0.15) is 0 Å². The largest absolute Gasteiger partial charge is 0.465 e. The molecule has 134 valence electrons. The molecule has 8 heteroatoms. The van der Waals surface area contributed by atoms with E-state index in [0.29, 0.717) is 4.91 Å². The van der Waals surface area contributed by atoms with Crippen molar-refractivity contribution < 1.29 is 24.2 Å². The summed E-state index contributed by atoms with van der Waals surface area (Å²) in [5.41, 5.74) is 2.08. The number of hydrogen-bond acceptors (Lipinski definition) is 5. The van der Waals surface area contributed by atoms with E-state index < -0.39 is 6.09 Å². The highest BCUT2D eigenvalue weighted by Crippen LogP contribution is 2.31. The molecule has 0 bridgehead atoms. The van der Waals surface area contributed by atoms with Gasteiger partial charge in [0, 0.05) is 6.54 Å². The van der Waals surface area contributed by atoms with Crippen LogP contribution in [0.2, 0.25) is 0 Å². The molecule has 25 heavy (non-hydrogen) atoms. The summed E-state index contributed by atoms with van der Waals surface area (Å²) in [5, 5.41) is 10.3. The first-order valence-corrected chi connectivity index (χ1v) is 8.71. The maximum Gasteiger partial charge on any atom is 0.404 e. The summed E-state index contributed by atoms with van der Waals surface area (Å²) in [5.74, 6) is -0.332. The van der Waals surface area contributed by atoms with E-state index in [1.807, 2.05) is 24.3 Å². The van der Waals surface area contributed by atoms with Crippen molar-refractivity contribution in [3.8, 4) is 0 Å². The van der Waals surface area contributed by atoms with Crippen LogP contribution < -0.4 is 5.32 Å². The van der Waals surface area contributed by atoms with Gasteiger partial charge >= 0.3 is 6.09 Å². The summed E-state index contributed by atoms with van der Waals surface area (Å²) in [6.45, 7) is 2.72. The van der Waals surface area contributed by atoms with Gasteiger partial charge in [0.2, 0.25) is 0 Å². The molecule has 0 aliphatic carbocycles. The van der Waals surface area contributed by atoms with Gasteiger partial charge in [-0.1, -0.05) is 31.2 Å². The number of carbonyl (C=O) groups is 3. The Hall–Kier alpha value is -2.32. The Kier molecular flexibility index (Phi) is 7.03. The lowest BCUT2D eigenvalue weighted by atomic mass is 10.1. The highest BCUT2D eigenvalue weighted by Gasteiger charge is 2.34. The lowest BCUT2D eigenvalue weighted by Crippen LogP contribution is -2.32. The van der Waals surface area contributed by atoms with Crippen molar-refractivity contribution in [2.45, 2.75) is 13.3 Å². The van der Waals surface area contributed by atoms with Crippen LogP contribution in [0.3, 0.4) is 0 Å². The van der Waals surface area contributed by atoms with Gasteiger partial charge in [-0.2, -0.15) is 0 Å². The number of imide groups is 1. The van der Waals surface area contributed by atoms with Crippen LogP contribution in [0.4, 0.5) is 9.59 Å². The van der Waals surface area contributed by atoms with Crippen molar-refractivity contribution >= 4 is 35.1 Å². The minimum atomic E-state index is -1.12. The van der Waals surface area contributed by atoms with E-state index in [1.54, 1.807) is 6.08 Å². The lowest BCUT2D eigenvalue weighted by Gasteiger charge is -2.12. The van der Waals surface area contributed by atoms with Crippen LogP contribution in [-0.2, 0) is 16.0 Å². The van der Waals surface area contributed by atoms with Crippen LogP contribution >= 0.6 is 11.8 Å². The standard InChI is InChI=1S/C17H20N2O5S/c1-2-12-3-5-13(6-4-12)11-14-15(20)19(17(23)25-14)8-10-24-9-7-18-16(21)22/h3-6,11,18H,2,7-10H2,1H3,(H,21,22)/b14-11-. The van der Waals surface area contributed by atoms with Crippen molar-refractivity contribution in [1.82, 2.24) is 10.2 Å². The third kappa shape index (κ3) is 5.61. The number of nitrogens with zero attached hydrogens (tertiary/aromatic N) is 1. The van der Waals surface area contributed by atoms with Crippen molar-refractivity contribution in [3.63, 3.8) is 0 Å². The molecule has 0 spiro atoms. The molecular weight excluding hydrogens is 344 g/mol. The molecule has 1 aromatic carbocycles. The summed E-state index contributed by atoms with van der Waals surface area (Å²) in [4.78, 5) is 36.1. The Bertz CT molecular complexity index is 672. The Morgan fingerprint density at radius 2 is 2.00 bits per heavy atom. The molecule has 0 unspecified atom stereocenters. The van der Waals surface area contributed by atoms with Crippen molar-refractivity contribution in [3.05, 3.63) is 40.3 Å². The van der Waals surface area contributed by atoms with Crippen molar-refractivity contribution in [1.29, 1.82) is 0 Å². The SMILES string of the molecule is CCc1ccc(/C=C2\SC(=O)N(CCOCCNC(=O)O)C2=O)cc1. The number of nitrogens with one attached hydrogen (secondary N) is 1. The molecule has 2 rings (SSSR count). The first kappa shape index (κ1) is 19.0. The van der Waals surface area contributed by atoms with Crippen molar-refractivity contribution in [2.75, 3.05) is 26.3 Å². The van der Waals surface area contributed by atoms with E-state index in [4.69, 9.17) is 9.84 Å². The van der Waals surface area contributed by atoms with Gasteiger partial charge in [0.05, 0.1) is 24.7 Å². The lowest BCUT2D eigenvalue weighted by molar-refractivity contribution is -0.123. The summed E-state index contributed by atoms with van der Waals surface area (Å²) < 4.78 is 5.22. The molecule has 1 saturated heterocycles. The maximum atomic E-state index is 12.3. The monoisotopic (exact) mass is 364 g/mol. The predicted octanol–water partition coefficient (Wildman–Crippen LogP) is 2.57. The zero-order valence-corrected chi connectivity index (χ0v) is 14.7. The van der Waals surface area contributed by atoms with E-state index >= 15 is 0 Å². The average molecular weight is 364 g/mol. The highest BCUT2D eigenvalue weighted by atomic mass is 32.2. The Labute approximate surface area is 150 Å². The normalized spacial score (nSPS) is 15.9. The summed E-state index contributed by atoms with van der Waals surface area (Å²) in [7, 11) is 0. The highest BCUT2D eigenvalue weighted by molar-refractivity contribution is 8.18. The summed E-state index contributed by atoms with van der Waals surface area (Å²) in [6, 6.07) is 7.83. The number of carbonyl (C=O) groups excluding carboxylic acids is 2. The van der Waals surface area contributed by atoms with Crippen LogP contribution in [0, 0.1) is 0 Å². The zero-order valence-electron chi connectivity index (χ0n) is 13.9. The molecule has 1 aliphatic heterocycles. The number of aryl methyl sites for hydroxylation is 1. The molecule has 1 aromatic rings. The Morgan fingerprint density at radius 3 is 2.64 bits per heavy atom. The van der Waals surface area contributed by atoms with Crippen LogP contribution in [0.5, 0.6) is 0 Å². The summed E-state index contributed by atoms with van der Waals surface area (Å²) in [6.07, 6.45) is 1.53. The van der Waals surface area contributed by atoms with Crippen LogP contribution in [0.1, 0.15) is 18.1 Å². The molecule has 0 aromatic heterocycles. The number of carboxylic acid groups (broad SMARTS) is 1. The van der Waals surface area contributed by atoms with E-state index in [0.717, 1.165) is 28.6 Å². The van der Waals surface area contributed by atoms with E-state index in [-0.39, 0.29) is 37.4 Å². The van der Waals surface area contributed by atoms with Gasteiger partial charge in [-0.05, 0) is 35.4 Å². The third-order valence-corrected chi connectivity index (χ3v) is 4.45. The molecule has 0 radical (unpaired) electrons. The first-order chi connectivity index (χ1) is 12.0. The van der Waals surface area contributed by atoms with Gasteiger partial charge in [-0.25, -0.2) is 4.79 Å². The van der Waals surface area contributed by atoms with Crippen LogP contribution in [0.25, 0.3) is 6.08 Å². The van der Waals surface area contributed by atoms with Gasteiger partial charge in [0.25, 0.3) is 11.1 Å². The third-order valence-electron chi connectivity index (χ3n) is 3.54. The van der Waals surface area contributed by atoms with Crippen molar-refractivity contribution in [2.24, 2.45) is 0 Å². The molecule has 0 atom stereocenters. The molecule has 0 saturated carbocycles. The van der Waals surface area contributed by atoms with Gasteiger partial charge in [-0.3, -0.25) is 14.5 Å². The quantitative estimate of drug-likeness (QED) is 0.544. The second kappa shape index (κ2) is 9.24. The van der Waals surface area contributed by atoms with Gasteiger partial charge < -0.3 is 15.2 Å².